The number of para-hydroxylation sites is 1. The molecule has 0 radical (unpaired) electrons. The molecular formula is C16H16N2O2. The number of rotatable bonds is 4. The summed E-state index contributed by atoms with van der Waals surface area (Å²) < 4.78 is 0. The fourth-order valence-corrected chi connectivity index (χ4v) is 2.46. The molecule has 2 heterocycles. The van der Waals surface area contributed by atoms with Crippen LogP contribution < -0.4 is 0 Å². The van der Waals surface area contributed by atoms with Crippen molar-refractivity contribution < 1.29 is 10.2 Å². The van der Waals surface area contributed by atoms with Crippen LogP contribution in [0, 0.1) is 0 Å². The topological polar surface area (TPSA) is 69.1 Å². The number of aliphatic hydroxyl groups is 2. The van der Waals surface area contributed by atoms with E-state index < -0.39 is 6.10 Å². The molecular weight excluding hydrogens is 252 g/mol. The number of aliphatic hydroxyl groups excluding tert-OH is 2. The molecule has 0 aliphatic carbocycles. The van der Waals surface area contributed by atoms with Crippen molar-refractivity contribution in [3.63, 3.8) is 0 Å². The zero-order chi connectivity index (χ0) is 13.9. The lowest BCUT2D eigenvalue weighted by molar-refractivity contribution is 0.178. The Morgan fingerprint density at radius 3 is 2.85 bits per heavy atom. The first kappa shape index (κ1) is 12.8. The van der Waals surface area contributed by atoms with E-state index in [0.717, 1.165) is 21.8 Å². The van der Waals surface area contributed by atoms with E-state index in [-0.39, 0.29) is 6.61 Å². The van der Waals surface area contributed by atoms with Gasteiger partial charge in [0.1, 0.15) is 6.10 Å². The van der Waals surface area contributed by atoms with Crippen LogP contribution in [0.3, 0.4) is 0 Å². The van der Waals surface area contributed by atoms with Gasteiger partial charge in [-0.1, -0.05) is 30.4 Å². The highest BCUT2D eigenvalue weighted by molar-refractivity contribution is 6.07. The minimum absolute atomic E-state index is 0.0171. The summed E-state index contributed by atoms with van der Waals surface area (Å²) in [6.45, 7) is -0.0171. The molecule has 0 saturated heterocycles. The number of aromatic amines is 1. The lowest BCUT2D eigenvalue weighted by Gasteiger charge is -2.08. The van der Waals surface area contributed by atoms with Gasteiger partial charge in [0.15, 0.2) is 0 Å². The third kappa shape index (κ3) is 2.19. The molecule has 0 aliphatic rings. The molecule has 0 spiro atoms. The van der Waals surface area contributed by atoms with Crippen molar-refractivity contribution in [2.45, 2.75) is 12.5 Å². The van der Waals surface area contributed by atoms with Crippen LogP contribution in [-0.4, -0.2) is 26.8 Å². The molecule has 2 aromatic heterocycles. The molecule has 102 valence electrons. The zero-order valence-electron chi connectivity index (χ0n) is 11.0. The highest BCUT2D eigenvalue weighted by Gasteiger charge is 2.14. The van der Waals surface area contributed by atoms with Crippen molar-refractivity contribution in [1.29, 1.82) is 0 Å². The molecule has 1 unspecified atom stereocenters. The van der Waals surface area contributed by atoms with Crippen molar-refractivity contribution in [3.8, 4) is 0 Å². The van der Waals surface area contributed by atoms with Gasteiger partial charge in [-0.3, -0.25) is 4.98 Å². The normalized spacial score (nSPS) is 13.5. The molecule has 3 N–H and O–H groups in total. The van der Waals surface area contributed by atoms with E-state index in [4.69, 9.17) is 5.11 Å². The van der Waals surface area contributed by atoms with Crippen LogP contribution in [0.2, 0.25) is 0 Å². The van der Waals surface area contributed by atoms with Crippen LogP contribution >= 0.6 is 0 Å². The summed E-state index contributed by atoms with van der Waals surface area (Å²) in [5, 5.41) is 21.2. The monoisotopic (exact) mass is 268 g/mol. The zero-order valence-corrected chi connectivity index (χ0v) is 11.0. The predicted molar refractivity (Wildman–Crippen MR) is 79.4 cm³/mol. The van der Waals surface area contributed by atoms with E-state index in [0.29, 0.717) is 12.1 Å². The van der Waals surface area contributed by atoms with Gasteiger partial charge in [0.05, 0.1) is 17.8 Å². The van der Waals surface area contributed by atoms with Gasteiger partial charge in [0.25, 0.3) is 0 Å². The average molecular weight is 268 g/mol. The van der Waals surface area contributed by atoms with Gasteiger partial charge in [0.2, 0.25) is 0 Å². The maximum Gasteiger partial charge on any atom is 0.101 e. The van der Waals surface area contributed by atoms with Gasteiger partial charge >= 0.3 is 0 Å². The Kier molecular flexibility index (Phi) is 3.50. The highest BCUT2D eigenvalue weighted by Crippen LogP contribution is 2.29. The Labute approximate surface area is 116 Å². The SMILES string of the molecule is OC/C=C\CC(O)c1nccc2c1[nH]c1ccccc12. The van der Waals surface area contributed by atoms with E-state index in [1.54, 1.807) is 18.3 Å². The van der Waals surface area contributed by atoms with Gasteiger partial charge < -0.3 is 15.2 Å². The van der Waals surface area contributed by atoms with E-state index in [2.05, 4.69) is 16.0 Å². The molecule has 0 amide bonds. The predicted octanol–water partition coefficient (Wildman–Crippen LogP) is 2.69. The second kappa shape index (κ2) is 5.45. The van der Waals surface area contributed by atoms with Gasteiger partial charge in [-0.2, -0.15) is 0 Å². The first-order valence-electron chi connectivity index (χ1n) is 6.60. The number of nitrogens with one attached hydrogen (secondary N) is 1. The Bertz CT molecular complexity index is 761. The second-order valence-electron chi connectivity index (χ2n) is 4.69. The standard InChI is InChI=1S/C16H16N2O2/c19-10-4-3-7-14(20)16-15-12(8-9-17-16)11-5-1-2-6-13(11)18-15/h1-6,8-9,14,18-20H,7,10H2/b4-3-. The fraction of sp³-hybridized carbons (Fsp3) is 0.188. The summed E-state index contributed by atoms with van der Waals surface area (Å²) in [4.78, 5) is 7.63. The summed E-state index contributed by atoms with van der Waals surface area (Å²) in [7, 11) is 0. The molecule has 4 nitrogen and oxygen atoms in total. The largest absolute Gasteiger partial charge is 0.392 e. The lowest BCUT2D eigenvalue weighted by atomic mass is 10.1. The van der Waals surface area contributed by atoms with Crippen LogP contribution in [0.15, 0.2) is 48.7 Å². The third-order valence-electron chi connectivity index (χ3n) is 3.40. The number of nitrogens with zero attached hydrogens (tertiary/aromatic N) is 1. The molecule has 0 fully saturated rings. The van der Waals surface area contributed by atoms with Gasteiger partial charge in [-0.25, -0.2) is 0 Å². The van der Waals surface area contributed by atoms with Gasteiger partial charge in [0, 0.05) is 22.5 Å². The van der Waals surface area contributed by atoms with Crippen LogP contribution in [0.25, 0.3) is 21.8 Å². The molecule has 1 aromatic carbocycles. The van der Waals surface area contributed by atoms with Crippen LogP contribution in [-0.2, 0) is 0 Å². The molecule has 20 heavy (non-hydrogen) atoms. The van der Waals surface area contributed by atoms with Crippen molar-refractivity contribution in [2.75, 3.05) is 6.61 Å². The summed E-state index contributed by atoms with van der Waals surface area (Å²) in [6, 6.07) is 9.99. The lowest BCUT2D eigenvalue weighted by Crippen LogP contribution is -2.00. The van der Waals surface area contributed by atoms with Gasteiger partial charge in [-0.15, -0.1) is 0 Å². The number of fused-ring (bicyclic) bond motifs is 3. The van der Waals surface area contributed by atoms with Crippen LogP contribution in [0.1, 0.15) is 18.2 Å². The molecule has 0 bridgehead atoms. The average Bonchev–Trinajstić information content (AvgIpc) is 2.86. The third-order valence-corrected chi connectivity index (χ3v) is 3.40. The van der Waals surface area contributed by atoms with Crippen molar-refractivity contribution in [3.05, 3.63) is 54.4 Å². The molecule has 0 saturated carbocycles. The molecule has 1 atom stereocenters. The highest BCUT2D eigenvalue weighted by atomic mass is 16.3. The Morgan fingerprint density at radius 2 is 2.00 bits per heavy atom. The number of hydrogen-bond acceptors (Lipinski definition) is 3. The number of hydrogen-bond donors (Lipinski definition) is 3. The van der Waals surface area contributed by atoms with Crippen molar-refractivity contribution in [2.24, 2.45) is 0 Å². The molecule has 3 rings (SSSR count). The van der Waals surface area contributed by atoms with Gasteiger partial charge in [-0.05, 0) is 18.6 Å². The Balaban J connectivity index is 2.09. The second-order valence-corrected chi connectivity index (χ2v) is 4.69. The van der Waals surface area contributed by atoms with E-state index in [9.17, 15) is 5.11 Å². The minimum Gasteiger partial charge on any atom is -0.392 e. The summed E-state index contributed by atoms with van der Waals surface area (Å²) in [6.07, 6.45) is 4.84. The molecule has 4 heteroatoms. The van der Waals surface area contributed by atoms with E-state index in [1.807, 2.05) is 24.3 Å². The van der Waals surface area contributed by atoms with Crippen molar-refractivity contribution >= 4 is 21.8 Å². The summed E-state index contributed by atoms with van der Waals surface area (Å²) in [5.74, 6) is 0. The van der Waals surface area contributed by atoms with E-state index >= 15 is 0 Å². The first-order valence-corrected chi connectivity index (χ1v) is 6.60. The fourth-order valence-electron chi connectivity index (χ4n) is 2.46. The molecule has 3 aromatic rings. The summed E-state index contributed by atoms with van der Waals surface area (Å²) in [5.41, 5.74) is 2.55. The Morgan fingerprint density at radius 1 is 1.15 bits per heavy atom. The Hall–Kier alpha value is -2.17. The quantitative estimate of drug-likeness (QED) is 0.637. The minimum atomic E-state index is -0.686. The number of pyridine rings is 1. The van der Waals surface area contributed by atoms with E-state index in [1.165, 1.54) is 0 Å². The first-order chi connectivity index (χ1) is 9.81. The number of benzene rings is 1. The smallest absolute Gasteiger partial charge is 0.101 e. The summed E-state index contributed by atoms with van der Waals surface area (Å²) >= 11 is 0. The number of H-pyrrole nitrogens is 1. The maximum absolute atomic E-state index is 10.3. The van der Waals surface area contributed by atoms with Crippen LogP contribution in [0.4, 0.5) is 0 Å². The van der Waals surface area contributed by atoms with Crippen LogP contribution in [0.5, 0.6) is 0 Å². The molecule has 0 aliphatic heterocycles. The maximum atomic E-state index is 10.3. The number of aromatic nitrogens is 2. The van der Waals surface area contributed by atoms with Crippen molar-refractivity contribution in [1.82, 2.24) is 9.97 Å².